The highest BCUT2D eigenvalue weighted by molar-refractivity contribution is 6.53. The first-order valence-electron chi connectivity index (χ1n) is 6.38. The number of nitrogens with two attached hydrogens (primary N) is 1. The molecule has 0 bridgehead atoms. The maximum atomic E-state index is 14.3. The Kier molecular flexibility index (Phi) is 3.39. The van der Waals surface area contributed by atoms with Gasteiger partial charge in [-0.05, 0) is 46.1 Å². The van der Waals surface area contributed by atoms with Crippen LogP contribution in [0.25, 0.3) is 0 Å². The molecule has 0 atom stereocenters. The van der Waals surface area contributed by atoms with Crippen molar-refractivity contribution in [1.29, 1.82) is 0 Å². The molecule has 1 aliphatic heterocycles. The first-order chi connectivity index (χ1) is 8.68. The van der Waals surface area contributed by atoms with Gasteiger partial charge in [0.1, 0.15) is 11.6 Å². The van der Waals surface area contributed by atoms with Gasteiger partial charge in [-0.3, -0.25) is 0 Å². The average molecular weight is 270 g/mol. The van der Waals surface area contributed by atoms with Gasteiger partial charge in [0.25, 0.3) is 0 Å². The van der Waals surface area contributed by atoms with E-state index in [-0.39, 0.29) is 17.5 Å². The molecule has 2 fully saturated rings. The van der Waals surface area contributed by atoms with E-state index in [0.717, 1.165) is 0 Å². The van der Waals surface area contributed by atoms with E-state index in [2.05, 4.69) is 5.16 Å². The van der Waals surface area contributed by atoms with Crippen LogP contribution in [-0.4, -0.2) is 29.4 Å². The third-order valence-electron chi connectivity index (χ3n) is 4.32. The summed E-state index contributed by atoms with van der Waals surface area (Å²) in [5.74, 6) is 0.0543. The fraction of sp³-hybridized carbons (Fsp3) is 0.750. The molecule has 0 spiro atoms. The minimum absolute atomic E-state index is 0.0897. The van der Waals surface area contributed by atoms with Crippen LogP contribution in [-0.2, 0) is 9.31 Å². The van der Waals surface area contributed by atoms with Crippen molar-refractivity contribution in [2.45, 2.75) is 51.7 Å². The van der Waals surface area contributed by atoms with Gasteiger partial charge in [0.2, 0.25) is 0 Å². The third kappa shape index (κ3) is 2.37. The fourth-order valence-electron chi connectivity index (χ4n) is 2.13. The zero-order valence-corrected chi connectivity index (χ0v) is 11.7. The van der Waals surface area contributed by atoms with Crippen LogP contribution >= 0.6 is 0 Å². The Morgan fingerprint density at radius 2 is 1.79 bits per heavy atom. The molecule has 0 aromatic rings. The summed E-state index contributed by atoms with van der Waals surface area (Å²) in [6, 6.07) is 0. The second kappa shape index (κ2) is 4.49. The summed E-state index contributed by atoms with van der Waals surface area (Å²) in [4.78, 5) is 0. The monoisotopic (exact) mass is 270 g/mol. The number of nitrogens with zero attached hydrogens (tertiary/aromatic N) is 1. The van der Waals surface area contributed by atoms with E-state index in [1.165, 1.54) is 0 Å². The van der Waals surface area contributed by atoms with Crippen LogP contribution in [0.1, 0.15) is 40.5 Å². The normalized spacial score (nSPS) is 29.3. The standard InChI is InChI=1S/C12H20BFN2O3/c1-11(2)12(3,4)19-13(18-11)9(14)7-5-8(6-7)10(15)16-17/h8,17H,5-6H2,1-4H3,(H2,15,16). The Morgan fingerprint density at radius 3 is 2.21 bits per heavy atom. The Hall–Kier alpha value is -1.08. The van der Waals surface area contributed by atoms with Crippen molar-refractivity contribution in [3.05, 3.63) is 11.3 Å². The number of halogens is 1. The molecule has 3 N–H and O–H groups in total. The van der Waals surface area contributed by atoms with Crippen molar-refractivity contribution in [2.75, 3.05) is 0 Å². The third-order valence-corrected chi connectivity index (χ3v) is 4.32. The van der Waals surface area contributed by atoms with Crippen molar-refractivity contribution < 1.29 is 18.9 Å². The second-order valence-corrected chi connectivity index (χ2v) is 6.17. The summed E-state index contributed by atoms with van der Waals surface area (Å²) < 4.78 is 25.5. The molecule has 0 radical (unpaired) electrons. The predicted molar refractivity (Wildman–Crippen MR) is 70.3 cm³/mol. The first kappa shape index (κ1) is 14.3. The van der Waals surface area contributed by atoms with Gasteiger partial charge in [0.15, 0.2) is 0 Å². The Bertz CT molecular complexity index is 424. The molecule has 0 unspecified atom stereocenters. The van der Waals surface area contributed by atoms with Gasteiger partial charge in [0, 0.05) is 5.92 Å². The molecule has 0 aromatic carbocycles. The number of amidine groups is 1. The van der Waals surface area contributed by atoms with E-state index in [1.54, 1.807) is 0 Å². The molecular weight excluding hydrogens is 250 g/mol. The number of oxime groups is 1. The van der Waals surface area contributed by atoms with Gasteiger partial charge in [-0.15, -0.1) is 0 Å². The number of allylic oxidation sites excluding steroid dienone is 1. The lowest BCUT2D eigenvalue weighted by atomic mass is 9.72. The summed E-state index contributed by atoms with van der Waals surface area (Å²) in [5, 5.41) is 11.5. The molecule has 1 saturated heterocycles. The van der Waals surface area contributed by atoms with Crippen LogP contribution < -0.4 is 5.73 Å². The van der Waals surface area contributed by atoms with Gasteiger partial charge in [0.05, 0.1) is 11.2 Å². The minimum atomic E-state index is -0.951. The molecule has 1 heterocycles. The molecule has 0 amide bonds. The van der Waals surface area contributed by atoms with Crippen LogP contribution in [0.5, 0.6) is 0 Å². The molecule has 0 aromatic heterocycles. The molecule has 1 aliphatic carbocycles. The average Bonchev–Trinajstić information content (AvgIpc) is 2.45. The van der Waals surface area contributed by atoms with Crippen LogP contribution in [0.2, 0.25) is 0 Å². The number of rotatable bonds is 2. The van der Waals surface area contributed by atoms with Gasteiger partial charge in [-0.25, -0.2) is 4.39 Å². The lowest BCUT2D eigenvalue weighted by molar-refractivity contribution is 0.00578. The van der Waals surface area contributed by atoms with E-state index in [0.29, 0.717) is 18.4 Å². The zero-order chi connectivity index (χ0) is 14.4. The van der Waals surface area contributed by atoms with Crippen molar-refractivity contribution >= 4 is 13.0 Å². The number of hydrogen-bond acceptors (Lipinski definition) is 4. The summed E-state index contributed by atoms with van der Waals surface area (Å²) in [5.41, 5.74) is 4.62. The topological polar surface area (TPSA) is 77.1 Å². The highest BCUT2D eigenvalue weighted by atomic mass is 19.1. The SMILES string of the molecule is CC1(C)OB(C(F)=C2CC(/C(N)=N\O)C2)OC1(C)C. The van der Waals surface area contributed by atoms with Gasteiger partial charge < -0.3 is 20.2 Å². The summed E-state index contributed by atoms with van der Waals surface area (Å²) in [6.45, 7) is 7.52. The summed E-state index contributed by atoms with van der Waals surface area (Å²) in [6.07, 6.45) is 0.900. The summed E-state index contributed by atoms with van der Waals surface area (Å²) >= 11 is 0. The van der Waals surface area contributed by atoms with E-state index in [9.17, 15) is 4.39 Å². The Morgan fingerprint density at radius 1 is 1.32 bits per heavy atom. The zero-order valence-electron chi connectivity index (χ0n) is 11.7. The first-order valence-corrected chi connectivity index (χ1v) is 6.38. The largest absolute Gasteiger partial charge is 0.525 e. The maximum absolute atomic E-state index is 14.3. The quantitative estimate of drug-likeness (QED) is 0.264. The molecule has 2 aliphatic rings. The van der Waals surface area contributed by atoms with Crippen LogP contribution in [0.4, 0.5) is 4.39 Å². The fourth-order valence-corrected chi connectivity index (χ4v) is 2.13. The summed E-state index contributed by atoms with van der Waals surface area (Å²) in [7, 11) is -0.951. The van der Waals surface area contributed by atoms with E-state index in [4.69, 9.17) is 20.2 Å². The van der Waals surface area contributed by atoms with Crippen LogP contribution in [0, 0.1) is 5.92 Å². The predicted octanol–water partition coefficient (Wildman–Crippen LogP) is 2.00. The van der Waals surface area contributed by atoms with E-state index < -0.39 is 18.3 Å². The maximum Gasteiger partial charge on any atom is 0.525 e. The van der Waals surface area contributed by atoms with Gasteiger partial charge in [-0.2, -0.15) is 0 Å². The highest BCUT2D eigenvalue weighted by Crippen LogP contribution is 2.43. The molecule has 1 saturated carbocycles. The lowest BCUT2D eigenvalue weighted by Gasteiger charge is -2.32. The van der Waals surface area contributed by atoms with Gasteiger partial charge in [-0.1, -0.05) is 5.16 Å². The van der Waals surface area contributed by atoms with Crippen LogP contribution in [0.15, 0.2) is 16.5 Å². The van der Waals surface area contributed by atoms with Crippen molar-refractivity contribution in [2.24, 2.45) is 16.8 Å². The second-order valence-electron chi connectivity index (χ2n) is 6.17. The van der Waals surface area contributed by atoms with Crippen LogP contribution in [0.3, 0.4) is 0 Å². The molecule has 106 valence electrons. The smallest absolute Gasteiger partial charge is 0.409 e. The van der Waals surface area contributed by atoms with E-state index >= 15 is 0 Å². The molecule has 7 heteroatoms. The van der Waals surface area contributed by atoms with Crippen molar-refractivity contribution in [3.63, 3.8) is 0 Å². The highest BCUT2D eigenvalue weighted by Gasteiger charge is 2.54. The van der Waals surface area contributed by atoms with Crippen molar-refractivity contribution in [3.8, 4) is 0 Å². The van der Waals surface area contributed by atoms with Gasteiger partial charge >= 0.3 is 7.12 Å². The van der Waals surface area contributed by atoms with E-state index in [1.807, 2.05) is 27.7 Å². The Balaban J connectivity index is 2.06. The number of hydrogen-bond donors (Lipinski definition) is 2. The Labute approximate surface area is 112 Å². The lowest BCUT2D eigenvalue weighted by Crippen LogP contribution is -2.41. The molecule has 19 heavy (non-hydrogen) atoms. The van der Waals surface area contributed by atoms with Crippen molar-refractivity contribution in [1.82, 2.24) is 0 Å². The molecular formula is C12H20BFN2O3. The minimum Gasteiger partial charge on any atom is -0.409 e. The molecule has 2 rings (SSSR count). The molecule has 5 nitrogen and oxygen atoms in total.